The summed E-state index contributed by atoms with van der Waals surface area (Å²) in [5, 5.41) is 10.0. The molecule has 196 valence electrons. The number of benzene rings is 3. The fraction of sp³-hybridized carbons (Fsp3) is 0.355. The van der Waals surface area contributed by atoms with E-state index in [-0.39, 0.29) is 11.6 Å². The number of unbranched alkanes of at least 4 members (excludes halogenated alkanes) is 1. The highest BCUT2D eigenvalue weighted by molar-refractivity contribution is 5.97. The molecule has 1 heterocycles. The van der Waals surface area contributed by atoms with E-state index in [1.807, 2.05) is 37.3 Å². The molecule has 5 nitrogen and oxygen atoms in total. The Morgan fingerprint density at radius 3 is 2.43 bits per heavy atom. The summed E-state index contributed by atoms with van der Waals surface area (Å²) in [5.74, 6) is 1.60. The molecule has 6 heteroatoms. The molecule has 1 unspecified atom stereocenters. The van der Waals surface area contributed by atoms with Crippen LogP contribution in [0.2, 0.25) is 0 Å². The Kier molecular flexibility index (Phi) is 8.72. The molecule has 1 aliphatic heterocycles. The summed E-state index contributed by atoms with van der Waals surface area (Å²) < 4.78 is 32.1. The zero-order valence-corrected chi connectivity index (χ0v) is 22.1. The normalized spacial score (nSPS) is 14.9. The van der Waals surface area contributed by atoms with Crippen molar-refractivity contribution in [3.63, 3.8) is 0 Å². The molecule has 0 aromatic heterocycles. The van der Waals surface area contributed by atoms with E-state index >= 15 is 0 Å². The molecular weight excluding hydrogens is 469 g/mol. The van der Waals surface area contributed by atoms with Crippen molar-refractivity contribution in [1.82, 2.24) is 4.90 Å². The lowest BCUT2D eigenvalue weighted by Gasteiger charge is -2.31. The SMILES string of the molecule is CCCCN(CC)CCOc1ccc(C2Oc3cc(F)ccc3C(C)=C2c2ccc(O)cc2OC)cc1. The number of phenols is 1. The van der Waals surface area contributed by atoms with Crippen molar-refractivity contribution in [1.29, 1.82) is 0 Å². The molecule has 1 N–H and O–H groups in total. The van der Waals surface area contributed by atoms with Gasteiger partial charge < -0.3 is 24.2 Å². The summed E-state index contributed by atoms with van der Waals surface area (Å²) in [7, 11) is 1.57. The average Bonchev–Trinajstić information content (AvgIpc) is 2.91. The number of methoxy groups -OCH3 is 1. The number of aromatic hydroxyl groups is 1. The summed E-state index contributed by atoms with van der Waals surface area (Å²) in [4.78, 5) is 2.40. The predicted octanol–water partition coefficient (Wildman–Crippen LogP) is 7.11. The van der Waals surface area contributed by atoms with Crippen molar-refractivity contribution < 1.29 is 23.7 Å². The molecule has 1 aliphatic rings. The summed E-state index contributed by atoms with van der Waals surface area (Å²) in [6.45, 7) is 10.00. The first-order valence-electron chi connectivity index (χ1n) is 12.9. The van der Waals surface area contributed by atoms with Crippen molar-refractivity contribution >= 4 is 11.1 Å². The van der Waals surface area contributed by atoms with Crippen molar-refractivity contribution in [2.45, 2.75) is 39.7 Å². The summed E-state index contributed by atoms with van der Waals surface area (Å²) in [6.07, 6.45) is 1.88. The first-order valence-corrected chi connectivity index (χ1v) is 12.9. The molecule has 3 aromatic carbocycles. The maximum absolute atomic E-state index is 14.1. The lowest BCUT2D eigenvalue weighted by atomic mass is 9.85. The van der Waals surface area contributed by atoms with E-state index in [0.717, 1.165) is 53.2 Å². The van der Waals surface area contributed by atoms with E-state index in [1.54, 1.807) is 25.3 Å². The second-order valence-electron chi connectivity index (χ2n) is 9.27. The van der Waals surface area contributed by atoms with Crippen LogP contribution in [0.5, 0.6) is 23.0 Å². The molecule has 1 atom stereocenters. The molecule has 3 aromatic rings. The molecule has 0 saturated carbocycles. The Balaban J connectivity index is 1.62. The highest BCUT2D eigenvalue weighted by Gasteiger charge is 2.31. The Morgan fingerprint density at radius 2 is 1.73 bits per heavy atom. The smallest absolute Gasteiger partial charge is 0.150 e. The van der Waals surface area contributed by atoms with Crippen LogP contribution in [0.15, 0.2) is 60.7 Å². The molecule has 0 bridgehead atoms. The van der Waals surface area contributed by atoms with Crippen molar-refractivity contribution in [2.75, 3.05) is 33.4 Å². The molecule has 0 fully saturated rings. The van der Waals surface area contributed by atoms with E-state index in [4.69, 9.17) is 14.2 Å². The van der Waals surface area contributed by atoms with Gasteiger partial charge in [-0.25, -0.2) is 4.39 Å². The molecule has 0 aliphatic carbocycles. The van der Waals surface area contributed by atoms with Crippen LogP contribution in [-0.2, 0) is 0 Å². The van der Waals surface area contributed by atoms with Gasteiger partial charge in [0.1, 0.15) is 41.5 Å². The van der Waals surface area contributed by atoms with E-state index in [9.17, 15) is 9.50 Å². The highest BCUT2D eigenvalue weighted by atomic mass is 19.1. The number of rotatable bonds is 11. The molecule has 0 spiro atoms. The van der Waals surface area contributed by atoms with Crippen molar-refractivity contribution in [3.8, 4) is 23.0 Å². The van der Waals surface area contributed by atoms with Gasteiger partial charge in [-0.15, -0.1) is 0 Å². The first-order chi connectivity index (χ1) is 17.9. The Hall–Kier alpha value is -3.51. The van der Waals surface area contributed by atoms with Crippen LogP contribution in [0.25, 0.3) is 11.1 Å². The summed E-state index contributed by atoms with van der Waals surface area (Å²) in [5.41, 5.74) is 4.41. The fourth-order valence-corrected chi connectivity index (χ4v) is 4.75. The minimum absolute atomic E-state index is 0.118. The third kappa shape index (κ3) is 6.08. The topological polar surface area (TPSA) is 51.2 Å². The lowest BCUT2D eigenvalue weighted by Crippen LogP contribution is -2.29. The van der Waals surface area contributed by atoms with Gasteiger partial charge in [0.15, 0.2) is 0 Å². The van der Waals surface area contributed by atoms with Gasteiger partial charge in [0.25, 0.3) is 0 Å². The van der Waals surface area contributed by atoms with Crippen molar-refractivity contribution in [3.05, 3.63) is 83.2 Å². The van der Waals surface area contributed by atoms with E-state index in [1.165, 1.54) is 25.0 Å². The van der Waals surface area contributed by atoms with Crippen LogP contribution in [-0.4, -0.2) is 43.4 Å². The highest BCUT2D eigenvalue weighted by Crippen LogP contribution is 2.49. The van der Waals surface area contributed by atoms with Crippen LogP contribution in [0.1, 0.15) is 56.4 Å². The second-order valence-corrected chi connectivity index (χ2v) is 9.27. The van der Waals surface area contributed by atoms with Gasteiger partial charge in [-0.05, 0) is 74.0 Å². The Bertz CT molecular complexity index is 1240. The average molecular weight is 506 g/mol. The molecular formula is C31H36FNO4. The second kappa shape index (κ2) is 12.2. The number of hydrogen-bond donors (Lipinski definition) is 1. The van der Waals surface area contributed by atoms with Gasteiger partial charge in [0.05, 0.1) is 7.11 Å². The number of likely N-dealkylation sites (N-methyl/N-ethyl adjacent to an activating group) is 1. The van der Waals surface area contributed by atoms with E-state index < -0.39 is 6.10 Å². The van der Waals surface area contributed by atoms with Gasteiger partial charge in [-0.3, -0.25) is 0 Å². The zero-order valence-electron chi connectivity index (χ0n) is 22.1. The zero-order chi connectivity index (χ0) is 26.4. The minimum atomic E-state index is -0.494. The Labute approximate surface area is 219 Å². The number of allylic oxidation sites excluding steroid dienone is 1. The van der Waals surface area contributed by atoms with Crippen LogP contribution < -0.4 is 14.2 Å². The fourth-order valence-electron chi connectivity index (χ4n) is 4.75. The number of nitrogens with zero attached hydrogens (tertiary/aromatic N) is 1. The van der Waals surface area contributed by atoms with E-state index in [0.29, 0.717) is 18.1 Å². The number of ether oxygens (including phenoxy) is 3. The van der Waals surface area contributed by atoms with Gasteiger partial charge >= 0.3 is 0 Å². The standard InChI is InChI=1S/C31H36FNO4/c1-5-7-16-33(6-2)17-18-36-25-12-8-22(9-13-25)31-30(27-15-11-24(34)20-28(27)35-4)21(3)26-14-10-23(32)19-29(26)37-31/h8-15,19-20,31,34H,5-7,16-18H2,1-4H3. The molecule has 4 rings (SSSR count). The van der Waals surface area contributed by atoms with Crippen LogP contribution in [0.4, 0.5) is 4.39 Å². The van der Waals surface area contributed by atoms with Crippen molar-refractivity contribution in [2.24, 2.45) is 0 Å². The lowest BCUT2D eigenvalue weighted by molar-refractivity contribution is 0.213. The van der Waals surface area contributed by atoms with Gasteiger partial charge in [0, 0.05) is 35.4 Å². The first kappa shape index (κ1) is 26.6. The van der Waals surface area contributed by atoms with Crippen LogP contribution in [0.3, 0.4) is 0 Å². The number of fused-ring (bicyclic) bond motifs is 1. The third-order valence-corrected chi connectivity index (χ3v) is 6.87. The van der Waals surface area contributed by atoms with Gasteiger partial charge in [-0.2, -0.15) is 0 Å². The predicted molar refractivity (Wildman–Crippen MR) is 146 cm³/mol. The number of halogens is 1. The Morgan fingerprint density at radius 1 is 0.973 bits per heavy atom. The van der Waals surface area contributed by atoms with E-state index in [2.05, 4.69) is 18.7 Å². The number of hydrogen-bond acceptors (Lipinski definition) is 5. The number of phenolic OH excluding ortho intramolecular Hbond substituents is 1. The molecule has 0 saturated heterocycles. The maximum atomic E-state index is 14.1. The molecule has 0 radical (unpaired) electrons. The van der Waals surface area contributed by atoms with Crippen LogP contribution in [0, 0.1) is 5.82 Å². The third-order valence-electron chi connectivity index (χ3n) is 6.87. The monoisotopic (exact) mass is 505 g/mol. The largest absolute Gasteiger partial charge is 0.508 e. The van der Waals surface area contributed by atoms with Gasteiger partial charge in [-0.1, -0.05) is 32.4 Å². The summed E-state index contributed by atoms with van der Waals surface area (Å²) in [6, 6.07) is 17.5. The van der Waals surface area contributed by atoms with Crippen LogP contribution >= 0.6 is 0 Å². The van der Waals surface area contributed by atoms with Gasteiger partial charge in [0.2, 0.25) is 0 Å². The quantitative estimate of drug-likeness (QED) is 0.301. The summed E-state index contributed by atoms with van der Waals surface area (Å²) >= 11 is 0. The molecule has 37 heavy (non-hydrogen) atoms. The minimum Gasteiger partial charge on any atom is -0.508 e. The maximum Gasteiger partial charge on any atom is 0.150 e. The molecule has 0 amide bonds.